The van der Waals surface area contributed by atoms with Crippen molar-refractivity contribution in [2.75, 3.05) is 0 Å². The predicted molar refractivity (Wildman–Crippen MR) is 256 cm³/mol. The van der Waals surface area contributed by atoms with Crippen molar-refractivity contribution in [2.24, 2.45) is 0 Å². The largest absolute Gasteiger partial charge is 1.00 e. The van der Waals surface area contributed by atoms with Gasteiger partial charge in [-0.25, -0.2) is 73.0 Å². The number of phosphoric acid groups is 22. The molecule has 0 saturated heterocycles. The molecule has 0 rings (SSSR count). The Morgan fingerprint density at radius 2 is 0.252 bits per heavy atom. The fraction of sp³-hybridized carbons (Fsp3) is 0. The second-order valence-corrected chi connectivity index (χ2v) is 39.2. The van der Waals surface area contributed by atoms with Gasteiger partial charge in [0.2, 0.25) is 0 Å². The van der Waals surface area contributed by atoms with Crippen molar-refractivity contribution in [1.29, 1.82) is 0 Å². The van der Waals surface area contributed by atoms with Gasteiger partial charge in [0.15, 0.2) is 0 Å². The second kappa shape index (κ2) is 78.7. The van der Waals surface area contributed by atoms with Gasteiger partial charge >= 0.3 is 527 Å². The number of rotatable bonds is 20. The summed E-state index contributed by atoms with van der Waals surface area (Å²) in [7, 11) is -116. The summed E-state index contributed by atoms with van der Waals surface area (Å²) in [6, 6.07) is 0. The molecule has 0 fully saturated rings. The van der Waals surface area contributed by atoms with E-state index in [1.165, 1.54) is 0 Å². The first-order valence-corrected chi connectivity index (χ1v) is 50.0. The molecule has 0 aromatic heterocycles. The first-order chi connectivity index (χ1) is 41.1. The number of hydrogen-bond donors (Lipinski definition) is 35. The zero-order valence-corrected chi connectivity index (χ0v) is 95.3. The molecule has 111 heteroatoms. The van der Waals surface area contributed by atoms with E-state index >= 15 is 0 Å². The van der Waals surface area contributed by atoms with E-state index in [4.69, 9.17) is 209 Å². The summed E-state index contributed by atoms with van der Waals surface area (Å²) in [6.45, 7) is 0. The van der Waals surface area contributed by atoms with E-state index in [9.17, 15) is 117 Å². The summed E-state index contributed by atoms with van der Waals surface area (Å²) < 4.78 is 240. The summed E-state index contributed by atoms with van der Waals surface area (Å²) in [4.78, 5) is 370. The Kier molecular flexibility index (Phi) is 132. The van der Waals surface area contributed by atoms with Gasteiger partial charge in [0.05, 0.1) is 23.5 Å². The van der Waals surface area contributed by atoms with Crippen molar-refractivity contribution in [3.05, 3.63) is 0 Å². The van der Waals surface area contributed by atoms with E-state index < -0.39 is 172 Å². The smallest absolute Gasteiger partial charge is 0.822 e. The van der Waals surface area contributed by atoms with E-state index in [1.54, 1.807) is 0 Å². The van der Waals surface area contributed by atoms with Crippen LogP contribution < -0.4 is 456 Å². The van der Waals surface area contributed by atoms with Crippen LogP contribution in [-0.2, 0) is 144 Å². The van der Waals surface area contributed by atoms with Gasteiger partial charge < -0.3 is 243 Å². The molecule has 0 aliphatic heterocycles. The van der Waals surface area contributed by atoms with Crippen molar-refractivity contribution in [3.8, 4) is 0 Å². The van der Waals surface area contributed by atoms with Gasteiger partial charge in [0.1, 0.15) is 0 Å². The third-order valence-corrected chi connectivity index (χ3v) is 18.7. The summed E-state index contributed by atoms with van der Waals surface area (Å²) >= 11 is 0. The van der Waals surface area contributed by atoms with Crippen LogP contribution in [0.25, 0.3) is 0 Å². The molecule has 1 atom stereocenters. The molecule has 111 heavy (non-hydrogen) atoms. The Bertz CT molecular complexity index is 2870. The molecule has 624 valence electrons. The summed E-state index contributed by atoms with van der Waals surface area (Å²) in [6.07, 6.45) is 0. The summed E-state index contributed by atoms with van der Waals surface area (Å²) in [5, 5.41) is 0. The van der Waals surface area contributed by atoms with Crippen molar-refractivity contribution < 1.29 is 771 Å². The van der Waals surface area contributed by atoms with E-state index in [-0.39, 0.29) is 402 Å². The molecule has 0 heterocycles. The summed E-state index contributed by atoms with van der Waals surface area (Å²) in [5.41, 5.74) is 0. The van der Waals surface area contributed by atoms with Crippen molar-refractivity contribution >= 4 is 172 Å². The second-order valence-electron chi connectivity index (χ2n) is 11.4. The van der Waals surface area contributed by atoms with E-state index in [0.717, 1.165) is 0 Å². The van der Waals surface area contributed by atoms with Crippen molar-refractivity contribution in [3.63, 3.8) is 0 Å². The molecule has 78 nitrogen and oxygen atoms in total. The van der Waals surface area contributed by atoms with Gasteiger partial charge in [0, 0.05) is 0 Å². The van der Waals surface area contributed by atoms with Gasteiger partial charge in [-0.2, -0.15) is 38.0 Å². The molecular formula is H35K5Li3Na3O78P22. The van der Waals surface area contributed by atoms with E-state index in [0.29, 0.717) is 0 Å². The number of hydrogen-bond acceptors (Lipinski definition) is 43. The van der Waals surface area contributed by atoms with Crippen LogP contribution in [0.15, 0.2) is 0 Å². The van der Waals surface area contributed by atoms with Crippen LogP contribution in [-0.4, -0.2) is 171 Å². The zero-order chi connectivity index (χ0) is 86.1. The van der Waals surface area contributed by atoms with Gasteiger partial charge in [-0.05, 0) is 0 Å². The standard InChI is InChI=1S/5K.3Li.3Na.3H5O10P3.4H4O7P2.5H3O4P/c;;;;;;;;;;;3*1-11(2,3)9-13(7,8)10-12(4,5)6;4*1-8(2,3)7-9(4,5)6;5*1-5(2,3)4/h;;;;;;;;;;;3*(H,7,8)(H2,1,2,3)(H2,4,5,6);4*(H2,1,2,3)(H2,4,5,6);5*(H3,1,2,3,4)/q11*+1;;;;;;;;;;;;/p-11. The average molecular weight is 2250 g/mol. The maximum absolute atomic E-state index is 10.4. The maximum atomic E-state index is 10.4. The fourth-order valence-corrected chi connectivity index (χ4v) is 13.1. The summed E-state index contributed by atoms with van der Waals surface area (Å²) in [5.74, 6) is 0. The first-order valence-electron chi connectivity index (χ1n) is 16.7. The third-order valence-electron chi connectivity index (χ3n) is 2.08. The van der Waals surface area contributed by atoms with E-state index in [2.05, 4.69) is 43.1 Å². The minimum atomic E-state index is -5.97. The van der Waals surface area contributed by atoms with Gasteiger partial charge in [0.25, 0.3) is 15.6 Å². The molecule has 0 bridgehead atoms. The normalized spacial score (nSPS) is 12.7. The third kappa shape index (κ3) is 336. The Morgan fingerprint density at radius 1 is 0.171 bits per heavy atom. The quantitative estimate of drug-likeness (QED) is 0.0398. The Balaban J connectivity index is -0.0000000364. The monoisotopic (exact) mass is 2250 g/mol. The van der Waals surface area contributed by atoms with Gasteiger partial charge in [-0.15, -0.1) is 0 Å². The van der Waals surface area contributed by atoms with Crippen LogP contribution in [0.1, 0.15) is 0 Å². The Hall–Kier alpha value is 15.8. The van der Waals surface area contributed by atoms with Crippen LogP contribution in [0.2, 0.25) is 0 Å². The minimum Gasteiger partial charge on any atom is -0.822 e. The van der Waals surface area contributed by atoms with Crippen LogP contribution >= 0.6 is 172 Å². The molecule has 0 aromatic rings. The predicted octanol–water partition coefficient (Wildman–Crippen LogP) is -49.9. The van der Waals surface area contributed by atoms with Crippen LogP contribution in [0.3, 0.4) is 0 Å². The van der Waals surface area contributed by atoms with Crippen LogP contribution in [0.5, 0.6) is 0 Å². The van der Waals surface area contributed by atoms with Crippen molar-refractivity contribution in [1.82, 2.24) is 0 Å². The van der Waals surface area contributed by atoms with Crippen molar-refractivity contribution in [2.45, 2.75) is 0 Å². The average Bonchev–Trinajstić information content (AvgIpc) is 2.95. The molecule has 0 saturated carbocycles. The van der Waals surface area contributed by atoms with Crippen LogP contribution in [0, 0.1) is 0 Å². The molecule has 1 unspecified atom stereocenters. The minimum absolute atomic E-state index is 0. The van der Waals surface area contributed by atoms with Gasteiger partial charge in [-0.1, -0.05) is 0 Å². The molecule has 0 amide bonds. The first kappa shape index (κ1) is 186. The maximum Gasteiger partial charge on any atom is 1.00 e. The molecule has 0 radical (unpaired) electrons. The zero-order valence-electron chi connectivity index (χ0n) is 54.0. The molecule has 0 spiro atoms. The molecule has 0 aliphatic rings. The SMILES string of the molecule is O=P(O)(O)O.O=P(O)(O)O.O=P(O)(O)O.O=P(O)(O)O.O=P(O)(O)OP(=O)(O)O.O=P(O)(O)OP(=O)(O)O.O=P(O)(O)OP(=O)(O)O.O=P(O)(O)OP(=O)(O)OP(=O)(O)O.O=P(O)(O)OP(=O)(O)OP(=O)(O)O.O=P([O-])([O-])OP(=O)([O-])O.O=P([O-])([O-])OP(=O)([O-])OP(=O)([O-])[O-].O=P([O-])([O-])[O-].[K+].[K+].[K+].[K+].[K+].[Li+].[Li+].[Li+].[Na+].[Na+].[Na+]. The molecular weight excluding hydrogens is 2210 g/mol. The molecule has 0 aromatic carbocycles. The molecule has 0 aliphatic carbocycles. The Morgan fingerprint density at radius 3 is 0.288 bits per heavy atom. The van der Waals surface area contributed by atoms with Gasteiger partial charge in [-0.3, -0.25) is 22.1 Å². The topological polar surface area (TPSA) is 1430 Å². The fourth-order valence-electron chi connectivity index (χ4n) is 1.37. The van der Waals surface area contributed by atoms with E-state index in [1.807, 2.05) is 0 Å². The Labute approximate surface area is 924 Å². The van der Waals surface area contributed by atoms with Crippen LogP contribution in [0.4, 0.5) is 0 Å². The molecule has 35 N–H and O–H groups in total.